The minimum atomic E-state index is -3.96. The molecule has 0 spiro atoms. The third-order valence-electron chi connectivity index (χ3n) is 7.62. The molecule has 244 valence electrons. The van der Waals surface area contributed by atoms with Gasteiger partial charge in [-0.05, 0) is 70.4 Å². The van der Waals surface area contributed by atoms with Crippen molar-refractivity contribution in [3.05, 3.63) is 59.7 Å². The quantitative estimate of drug-likeness (QED) is 0.318. The van der Waals surface area contributed by atoms with Crippen LogP contribution in [0.4, 0.5) is 10.5 Å². The van der Waals surface area contributed by atoms with Crippen molar-refractivity contribution >= 4 is 39.6 Å². The van der Waals surface area contributed by atoms with Crippen LogP contribution in [0.25, 0.3) is 0 Å². The number of rotatable bonds is 9. The van der Waals surface area contributed by atoms with Gasteiger partial charge in [0.25, 0.3) is 0 Å². The van der Waals surface area contributed by atoms with Gasteiger partial charge >= 0.3 is 12.1 Å². The molecule has 2 aromatic carbocycles. The predicted molar refractivity (Wildman–Crippen MR) is 164 cm³/mol. The Kier molecular flexibility index (Phi) is 10.2. The number of nitrogens with zero attached hydrogens (tertiary/aromatic N) is 2. The molecule has 2 aliphatic heterocycles. The number of anilines is 1. The molecule has 4 atom stereocenters. The Balaban J connectivity index is 1.38. The van der Waals surface area contributed by atoms with Crippen LogP contribution in [0.15, 0.2) is 53.4 Å². The average Bonchev–Trinajstić information content (AvgIpc) is 3.61. The fourth-order valence-corrected chi connectivity index (χ4v) is 7.03. The van der Waals surface area contributed by atoms with E-state index in [0.717, 1.165) is 9.87 Å². The van der Waals surface area contributed by atoms with Crippen LogP contribution in [-0.2, 0) is 35.6 Å². The molecule has 3 amide bonds. The second kappa shape index (κ2) is 13.5. The second-order valence-electron chi connectivity index (χ2n) is 12.4. The summed E-state index contributed by atoms with van der Waals surface area (Å²) in [5.74, 6) is -2.48. The number of carbonyl (C=O) groups excluding carboxylic acids is 3. The highest BCUT2D eigenvalue weighted by Gasteiger charge is 2.42. The van der Waals surface area contributed by atoms with Crippen molar-refractivity contribution in [3.8, 4) is 0 Å². The van der Waals surface area contributed by atoms with Gasteiger partial charge in [0.1, 0.15) is 23.7 Å². The smallest absolute Gasteiger partial charge is 0.411 e. The first-order chi connectivity index (χ1) is 21.0. The summed E-state index contributed by atoms with van der Waals surface area (Å²) >= 11 is 0. The maximum atomic E-state index is 13.2. The summed E-state index contributed by atoms with van der Waals surface area (Å²) in [6.45, 7) is 7.06. The van der Waals surface area contributed by atoms with Crippen LogP contribution >= 0.6 is 0 Å². The van der Waals surface area contributed by atoms with Gasteiger partial charge in [-0.3, -0.25) is 14.5 Å². The SMILES string of the molecule is Cc1ccc(S(=O)(=O)N2CCC[C@H]2C(=O)N[C@@H](Cc2ccc(NC(=O)C3CC(O)CN3C(=O)OC(C)(C)C)cc2)C(=O)O)cc1. The zero-order valence-corrected chi connectivity index (χ0v) is 26.5. The molecule has 2 saturated heterocycles. The van der Waals surface area contributed by atoms with E-state index in [1.165, 1.54) is 17.0 Å². The Labute approximate surface area is 262 Å². The van der Waals surface area contributed by atoms with Crippen LogP contribution in [0.1, 0.15) is 51.2 Å². The molecule has 0 bridgehead atoms. The monoisotopic (exact) mass is 644 g/mol. The van der Waals surface area contributed by atoms with Gasteiger partial charge in [-0.1, -0.05) is 29.8 Å². The average molecular weight is 645 g/mol. The number of aliphatic hydroxyl groups excluding tert-OH is 1. The molecule has 0 aromatic heterocycles. The minimum absolute atomic E-state index is 0.0370. The van der Waals surface area contributed by atoms with Crippen LogP contribution in [0.2, 0.25) is 0 Å². The van der Waals surface area contributed by atoms with Gasteiger partial charge in [-0.25, -0.2) is 18.0 Å². The molecular formula is C31H40N4O9S. The number of aryl methyl sites for hydroxylation is 1. The van der Waals surface area contributed by atoms with E-state index in [4.69, 9.17) is 4.74 Å². The number of benzene rings is 2. The van der Waals surface area contributed by atoms with E-state index < -0.39 is 63.7 Å². The molecule has 2 aliphatic rings. The summed E-state index contributed by atoms with van der Waals surface area (Å²) in [6.07, 6.45) is -0.894. The highest BCUT2D eigenvalue weighted by atomic mass is 32.2. The fraction of sp³-hybridized carbons (Fsp3) is 0.484. The number of amides is 3. The van der Waals surface area contributed by atoms with Crippen molar-refractivity contribution in [2.24, 2.45) is 0 Å². The van der Waals surface area contributed by atoms with E-state index in [2.05, 4.69) is 10.6 Å². The largest absolute Gasteiger partial charge is 0.480 e. The number of β-amino-alcohol motifs (C(OH)–C–C–N with tert-alkyl or cyclic N) is 1. The van der Waals surface area contributed by atoms with Crippen molar-refractivity contribution in [2.45, 2.75) is 88.1 Å². The van der Waals surface area contributed by atoms with Crippen LogP contribution in [0.3, 0.4) is 0 Å². The summed E-state index contributed by atoms with van der Waals surface area (Å²) in [5.41, 5.74) is 1.04. The highest BCUT2D eigenvalue weighted by molar-refractivity contribution is 7.89. The Bertz CT molecular complexity index is 1520. The lowest BCUT2D eigenvalue weighted by molar-refractivity contribution is -0.142. The Morgan fingerprint density at radius 2 is 1.64 bits per heavy atom. The van der Waals surface area contributed by atoms with Crippen LogP contribution in [0.5, 0.6) is 0 Å². The number of sulfonamides is 1. The first kappa shape index (κ1) is 33.9. The van der Waals surface area contributed by atoms with Crippen LogP contribution in [-0.4, -0.2) is 94.6 Å². The number of hydrogen-bond donors (Lipinski definition) is 4. The Morgan fingerprint density at radius 1 is 1.00 bits per heavy atom. The molecule has 2 fully saturated rings. The van der Waals surface area contributed by atoms with Crippen molar-refractivity contribution in [1.29, 1.82) is 0 Å². The maximum Gasteiger partial charge on any atom is 0.411 e. The zero-order chi connectivity index (χ0) is 33.1. The molecule has 2 unspecified atom stereocenters. The van der Waals surface area contributed by atoms with Crippen molar-refractivity contribution < 1.29 is 42.5 Å². The van der Waals surface area contributed by atoms with E-state index >= 15 is 0 Å². The Morgan fingerprint density at radius 3 is 2.24 bits per heavy atom. The highest BCUT2D eigenvalue weighted by Crippen LogP contribution is 2.27. The summed E-state index contributed by atoms with van der Waals surface area (Å²) in [7, 11) is -3.96. The maximum absolute atomic E-state index is 13.2. The number of likely N-dealkylation sites (tertiary alicyclic amines) is 1. The van der Waals surface area contributed by atoms with Gasteiger partial charge in [-0.15, -0.1) is 0 Å². The number of nitrogens with one attached hydrogen (secondary N) is 2. The normalized spacial score (nSPS) is 21.3. The number of aliphatic hydroxyl groups is 1. The van der Waals surface area contributed by atoms with E-state index in [-0.39, 0.29) is 37.2 Å². The van der Waals surface area contributed by atoms with E-state index in [1.807, 2.05) is 6.92 Å². The molecule has 13 nitrogen and oxygen atoms in total. The van der Waals surface area contributed by atoms with Crippen LogP contribution < -0.4 is 10.6 Å². The summed E-state index contributed by atoms with van der Waals surface area (Å²) in [5, 5.41) is 25.2. The minimum Gasteiger partial charge on any atom is -0.480 e. The molecule has 45 heavy (non-hydrogen) atoms. The number of aliphatic carboxylic acids is 1. The lowest BCUT2D eigenvalue weighted by atomic mass is 10.0. The second-order valence-corrected chi connectivity index (χ2v) is 14.3. The first-order valence-corrected chi connectivity index (χ1v) is 16.2. The summed E-state index contributed by atoms with van der Waals surface area (Å²) in [4.78, 5) is 52.1. The molecule has 2 heterocycles. The van der Waals surface area contributed by atoms with Gasteiger partial charge in [-0.2, -0.15) is 4.31 Å². The van der Waals surface area contributed by atoms with Gasteiger partial charge in [0, 0.05) is 25.1 Å². The molecule has 4 N–H and O–H groups in total. The number of hydrogen-bond acceptors (Lipinski definition) is 8. The third kappa shape index (κ3) is 8.38. The Hall–Kier alpha value is -4.01. The van der Waals surface area contributed by atoms with Crippen molar-refractivity contribution in [1.82, 2.24) is 14.5 Å². The zero-order valence-electron chi connectivity index (χ0n) is 25.7. The molecule has 14 heteroatoms. The number of carboxylic acid groups (broad SMARTS) is 1. The molecular weight excluding hydrogens is 604 g/mol. The van der Waals surface area contributed by atoms with E-state index in [0.29, 0.717) is 17.7 Å². The number of carboxylic acids is 1. The molecule has 0 radical (unpaired) electrons. The lowest BCUT2D eigenvalue weighted by Crippen LogP contribution is -2.51. The standard InChI is InChI=1S/C31H40N4O9S/c1-19-7-13-23(14-8-19)45(42,43)35-15-5-6-25(35)27(37)33-24(29(39)40)16-20-9-11-21(12-10-20)32-28(38)26-17-22(36)18-34(26)30(41)44-31(2,3)4/h7-14,22,24-26,36H,5-6,15-18H2,1-4H3,(H,32,38)(H,33,37)(H,39,40)/t22?,24-,25-,26?/m0/s1. The fourth-order valence-electron chi connectivity index (χ4n) is 5.37. The predicted octanol–water partition coefficient (Wildman–Crippen LogP) is 2.27. The lowest BCUT2D eigenvalue weighted by Gasteiger charge is -2.27. The first-order valence-electron chi connectivity index (χ1n) is 14.7. The molecule has 0 aliphatic carbocycles. The van der Waals surface area contributed by atoms with Gasteiger partial charge in [0.05, 0.1) is 17.5 Å². The van der Waals surface area contributed by atoms with Gasteiger partial charge in [0.15, 0.2) is 0 Å². The summed E-state index contributed by atoms with van der Waals surface area (Å²) < 4.78 is 33.0. The molecule has 2 aromatic rings. The number of ether oxygens (including phenoxy) is 1. The van der Waals surface area contributed by atoms with Gasteiger partial charge in [0.2, 0.25) is 21.8 Å². The van der Waals surface area contributed by atoms with Crippen LogP contribution in [0, 0.1) is 6.92 Å². The molecule has 4 rings (SSSR count). The van der Waals surface area contributed by atoms with Crippen molar-refractivity contribution in [2.75, 3.05) is 18.4 Å². The van der Waals surface area contributed by atoms with Crippen molar-refractivity contribution in [3.63, 3.8) is 0 Å². The topological polar surface area (TPSA) is 183 Å². The third-order valence-corrected chi connectivity index (χ3v) is 9.54. The molecule has 0 saturated carbocycles. The number of carbonyl (C=O) groups is 4. The van der Waals surface area contributed by atoms with E-state index in [9.17, 15) is 37.8 Å². The van der Waals surface area contributed by atoms with Gasteiger partial charge < -0.3 is 25.6 Å². The summed E-state index contributed by atoms with van der Waals surface area (Å²) in [6, 6.07) is 9.32. The van der Waals surface area contributed by atoms with E-state index in [1.54, 1.807) is 57.2 Å².